The molecule has 1 saturated heterocycles. The largest absolute Gasteiger partial charge is 0.313 e. The second-order valence-electron chi connectivity index (χ2n) is 5.01. The Morgan fingerprint density at radius 1 is 1.42 bits per heavy atom. The maximum absolute atomic E-state index is 13.7. The van der Waals surface area contributed by atoms with Crippen molar-refractivity contribution in [2.45, 2.75) is 18.9 Å². The van der Waals surface area contributed by atoms with Gasteiger partial charge in [0.15, 0.2) is 9.84 Å². The lowest BCUT2D eigenvalue weighted by molar-refractivity contribution is 0.422. The van der Waals surface area contributed by atoms with Gasteiger partial charge in [-0.25, -0.2) is 17.2 Å². The van der Waals surface area contributed by atoms with E-state index in [9.17, 15) is 17.2 Å². The van der Waals surface area contributed by atoms with Crippen molar-refractivity contribution >= 4 is 9.84 Å². The van der Waals surface area contributed by atoms with Gasteiger partial charge in [-0.15, -0.1) is 0 Å². The van der Waals surface area contributed by atoms with Gasteiger partial charge in [0.1, 0.15) is 11.6 Å². The van der Waals surface area contributed by atoms with E-state index in [1.54, 1.807) is 7.05 Å². The second kappa shape index (κ2) is 5.54. The first kappa shape index (κ1) is 14.4. The molecule has 1 aliphatic heterocycles. The van der Waals surface area contributed by atoms with E-state index in [4.69, 9.17) is 0 Å². The molecule has 19 heavy (non-hydrogen) atoms. The lowest BCUT2D eigenvalue weighted by Crippen LogP contribution is -2.21. The number of halogens is 2. The molecule has 1 heterocycles. The number of nitrogens with one attached hydrogen (secondary N) is 1. The smallest absolute Gasteiger partial charge is 0.150 e. The quantitative estimate of drug-likeness (QED) is 0.923. The van der Waals surface area contributed by atoms with E-state index in [0.717, 1.165) is 6.07 Å². The van der Waals surface area contributed by atoms with Gasteiger partial charge < -0.3 is 5.32 Å². The monoisotopic (exact) mass is 289 g/mol. The number of hydrogen-bond acceptors (Lipinski definition) is 3. The minimum atomic E-state index is -2.93. The van der Waals surface area contributed by atoms with Gasteiger partial charge >= 0.3 is 0 Å². The van der Waals surface area contributed by atoms with E-state index in [0.29, 0.717) is 18.4 Å². The van der Waals surface area contributed by atoms with Crippen molar-refractivity contribution in [1.29, 1.82) is 0 Å². The van der Waals surface area contributed by atoms with Gasteiger partial charge in [-0.3, -0.25) is 0 Å². The van der Waals surface area contributed by atoms with Crippen LogP contribution in [-0.4, -0.2) is 27.0 Å². The van der Waals surface area contributed by atoms with Gasteiger partial charge in [-0.2, -0.15) is 0 Å². The lowest BCUT2D eigenvalue weighted by atomic mass is 9.94. The first-order valence-electron chi connectivity index (χ1n) is 6.24. The Morgan fingerprint density at radius 3 is 2.68 bits per heavy atom. The number of hydrogen-bond donors (Lipinski definition) is 1. The van der Waals surface area contributed by atoms with E-state index in [-0.39, 0.29) is 23.5 Å². The van der Waals surface area contributed by atoms with Gasteiger partial charge in [0.2, 0.25) is 0 Å². The Labute approximate surface area is 111 Å². The van der Waals surface area contributed by atoms with Crippen LogP contribution in [0.4, 0.5) is 8.78 Å². The Balaban J connectivity index is 2.12. The Hall–Kier alpha value is -1.01. The lowest BCUT2D eigenvalue weighted by Gasteiger charge is -2.20. The molecule has 1 N–H and O–H groups in total. The van der Waals surface area contributed by atoms with Crippen molar-refractivity contribution in [3.8, 4) is 0 Å². The van der Waals surface area contributed by atoms with E-state index in [1.165, 1.54) is 12.1 Å². The number of benzene rings is 1. The van der Waals surface area contributed by atoms with Gasteiger partial charge in [-0.1, -0.05) is 6.07 Å². The Morgan fingerprint density at radius 2 is 2.16 bits per heavy atom. The topological polar surface area (TPSA) is 46.2 Å². The normalized spacial score (nSPS) is 23.4. The Kier molecular flexibility index (Phi) is 4.20. The average Bonchev–Trinajstić information content (AvgIpc) is 2.66. The Bertz CT molecular complexity index is 560. The van der Waals surface area contributed by atoms with E-state index in [2.05, 4.69) is 5.32 Å². The van der Waals surface area contributed by atoms with Crippen LogP contribution < -0.4 is 5.32 Å². The maximum Gasteiger partial charge on any atom is 0.150 e. The molecule has 0 amide bonds. The molecule has 0 spiro atoms. The first-order valence-corrected chi connectivity index (χ1v) is 8.06. The van der Waals surface area contributed by atoms with Crippen molar-refractivity contribution in [3.63, 3.8) is 0 Å². The highest BCUT2D eigenvalue weighted by Gasteiger charge is 2.30. The molecule has 0 aliphatic carbocycles. The molecule has 1 aromatic rings. The highest BCUT2D eigenvalue weighted by atomic mass is 32.2. The fourth-order valence-electron chi connectivity index (χ4n) is 2.58. The summed E-state index contributed by atoms with van der Waals surface area (Å²) in [5, 5.41) is 2.98. The molecule has 1 fully saturated rings. The third-order valence-corrected chi connectivity index (χ3v) is 5.42. The predicted octanol–water partition coefficient (Wildman–Crippen LogP) is 2.05. The molecule has 0 bridgehead atoms. The summed E-state index contributed by atoms with van der Waals surface area (Å²) < 4.78 is 49.4. The molecule has 106 valence electrons. The summed E-state index contributed by atoms with van der Waals surface area (Å²) in [4.78, 5) is 0. The van der Waals surface area contributed by atoms with Gasteiger partial charge in [-0.05, 0) is 31.9 Å². The molecule has 6 heteroatoms. The molecule has 2 unspecified atom stereocenters. The van der Waals surface area contributed by atoms with Crippen LogP contribution in [0.5, 0.6) is 0 Å². The van der Waals surface area contributed by atoms with Crippen molar-refractivity contribution in [3.05, 3.63) is 35.4 Å². The standard InChI is InChI=1S/C13H17F2NO2S/c1-16-13(6-9-4-5-19(17,18)8-9)11-3-2-10(14)7-12(11)15/h2-3,7,9,13,16H,4-6,8H2,1H3. The molecule has 0 radical (unpaired) electrons. The summed E-state index contributed by atoms with van der Waals surface area (Å²) in [7, 11) is -1.24. The highest BCUT2D eigenvalue weighted by Crippen LogP contribution is 2.30. The van der Waals surface area contributed by atoms with Crippen molar-refractivity contribution < 1.29 is 17.2 Å². The average molecular weight is 289 g/mol. The molecule has 2 atom stereocenters. The number of rotatable bonds is 4. The van der Waals surface area contributed by atoms with Crippen LogP contribution in [0, 0.1) is 17.6 Å². The van der Waals surface area contributed by atoms with E-state index >= 15 is 0 Å². The summed E-state index contributed by atoms with van der Waals surface area (Å²) in [6.45, 7) is 0. The first-order chi connectivity index (χ1) is 8.91. The third kappa shape index (κ3) is 3.51. The number of sulfone groups is 1. The predicted molar refractivity (Wildman–Crippen MR) is 69.5 cm³/mol. The summed E-state index contributed by atoms with van der Waals surface area (Å²) in [5.41, 5.74) is 0.383. The summed E-state index contributed by atoms with van der Waals surface area (Å²) in [5.74, 6) is -0.805. The summed E-state index contributed by atoms with van der Waals surface area (Å²) >= 11 is 0. The van der Waals surface area contributed by atoms with Gasteiger partial charge in [0.05, 0.1) is 11.5 Å². The zero-order chi connectivity index (χ0) is 14.0. The van der Waals surface area contributed by atoms with E-state index in [1.807, 2.05) is 0 Å². The van der Waals surface area contributed by atoms with Crippen molar-refractivity contribution in [2.75, 3.05) is 18.6 Å². The van der Waals surface area contributed by atoms with Crippen LogP contribution in [0.15, 0.2) is 18.2 Å². The van der Waals surface area contributed by atoms with Crippen LogP contribution in [-0.2, 0) is 9.84 Å². The van der Waals surface area contributed by atoms with Crippen molar-refractivity contribution in [2.24, 2.45) is 5.92 Å². The summed E-state index contributed by atoms with van der Waals surface area (Å²) in [6.07, 6.45) is 1.15. The third-order valence-electron chi connectivity index (χ3n) is 3.58. The van der Waals surface area contributed by atoms with E-state index < -0.39 is 21.5 Å². The van der Waals surface area contributed by atoms with Gasteiger partial charge in [0, 0.05) is 17.7 Å². The van der Waals surface area contributed by atoms with Gasteiger partial charge in [0.25, 0.3) is 0 Å². The minimum absolute atomic E-state index is 0.0342. The van der Waals surface area contributed by atoms with Crippen LogP contribution in [0.1, 0.15) is 24.4 Å². The fourth-order valence-corrected chi connectivity index (χ4v) is 4.46. The van der Waals surface area contributed by atoms with Crippen molar-refractivity contribution in [1.82, 2.24) is 5.32 Å². The molecule has 0 aromatic heterocycles. The van der Waals surface area contributed by atoms with Crippen LogP contribution in [0.25, 0.3) is 0 Å². The molecular weight excluding hydrogens is 272 g/mol. The summed E-state index contributed by atoms with van der Waals surface area (Å²) in [6, 6.07) is 3.19. The fraction of sp³-hybridized carbons (Fsp3) is 0.538. The second-order valence-corrected chi connectivity index (χ2v) is 7.24. The van der Waals surface area contributed by atoms with Crippen LogP contribution >= 0.6 is 0 Å². The molecule has 0 saturated carbocycles. The molecule has 1 aromatic carbocycles. The highest BCUT2D eigenvalue weighted by molar-refractivity contribution is 7.91. The molecule has 2 rings (SSSR count). The SMILES string of the molecule is CNC(CC1CCS(=O)(=O)C1)c1ccc(F)cc1F. The molecular formula is C13H17F2NO2S. The van der Waals surface area contributed by atoms with Crippen LogP contribution in [0.2, 0.25) is 0 Å². The molecule has 1 aliphatic rings. The minimum Gasteiger partial charge on any atom is -0.313 e. The van der Waals surface area contributed by atoms with Crippen LogP contribution in [0.3, 0.4) is 0 Å². The maximum atomic E-state index is 13.7. The zero-order valence-electron chi connectivity index (χ0n) is 10.7. The zero-order valence-corrected chi connectivity index (χ0v) is 11.5. The molecule has 3 nitrogen and oxygen atoms in total.